The van der Waals surface area contributed by atoms with Gasteiger partial charge in [0.25, 0.3) is 11.5 Å². The minimum absolute atomic E-state index is 0.106. The van der Waals surface area contributed by atoms with Crippen molar-refractivity contribution >= 4 is 23.1 Å². The van der Waals surface area contributed by atoms with Crippen molar-refractivity contribution < 1.29 is 9.53 Å². The van der Waals surface area contributed by atoms with Crippen LogP contribution in [0.4, 0.5) is 0 Å². The van der Waals surface area contributed by atoms with Gasteiger partial charge in [0.2, 0.25) is 0 Å². The molecule has 0 atom stereocenters. The molecule has 2 aromatic rings. The molecule has 1 amide bonds. The number of pyridine rings is 2. The van der Waals surface area contributed by atoms with Crippen LogP contribution in [-0.2, 0) is 28.9 Å². The summed E-state index contributed by atoms with van der Waals surface area (Å²) in [6.07, 6.45) is 12.6. The second-order valence-electron chi connectivity index (χ2n) is 10.9. The zero-order chi connectivity index (χ0) is 28.2. The Balaban J connectivity index is 1.49. The molecule has 0 aromatic carbocycles. The van der Waals surface area contributed by atoms with Gasteiger partial charge in [-0.25, -0.2) is 4.98 Å². The number of hydrogen-bond donors (Lipinski definition) is 2. The highest BCUT2D eigenvalue weighted by molar-refractivity contribution is 6.29. The number of H-pyrrole nitrogens is 1. The Bertz CT molecular complexity index is 1410. The fraction of sp³-hybridized carbons (Fsp3) is 0.469. The van der Waals surface area contributed by atoms with Crippen LogP contribution in [0.15, 0.2) is 52.1 Å². The predicted octanol–water partition coefficient (Wildman–Crippen LogP) is 5.42. The molecular formula is C32H39ClN4O3. The zero-order valence-corrected chi connectivity index (χ0v) is 24.5. The molecule has 8 heteroatoms. The number of aromatic nitrogens is 2. The van der Waals surface area contributed by atoms with Crippen molar-refractivity contribution in [3.05, 3.63) is 90.8 Å². The first kappa shape index (κ1) is 28.4. The molecule has 0 saturated carbocycles. The highest BCUT2D eigenvalue weighted by Gasteiger charge is 2.27. The monoisotopic (exact) mass is 562 g/mol. The SMILES string of the molecule is CCN(C1=CCC(c2ccc(Cl)nc2)=CC(C(=O)NCc2c3c(c(C)[nH]c2=O)CCCC3)=C1C)C1CCOCC1. The van der Waals surface area contributed by atoms with Crippen molar-refractivity contribution in [1.82, 2.24) is 20.2 Å². The number of aryl methyl sites for hydroxylation is 1. The van der Waals surface area contributed by atoms with Crippen LogP contribution in [0.3, 0.4) is 0 Å². The summed E-state index contributed by atoms with van der Waals surface area (Å²) in [5.41, 5.74) is 8.42. The lowest BCUT2D eigenvalue weighted by atomic mass is 9.88. The van der Waals surface area contributed by atoms with Crippen molar-refractivity contribution in [2.45, 2.75) is 78.3 Å². The van der Waals surface area contributed by atoms with Crippen LogP contribution >= 0.6 is 11.6 Å². The Morgan fingerprint density at radius 2 is 1.93 bits per heavy atom. The van der Waals surface area contributed by atoms with E-state index in [0.29, 0.717) is 28.8 Å². The van der Waals surface area contributed by atoms with E-state index < -0.39 is 0 Å². The third-order valence-electron chi connectivity index (χ3n) is 8.53. The summed E-state index contributed by atoms with van der Waals surface area (Å²) in [6, 6.07) is 4.08. The van der Waals surface area contributed by atoms with Crippen LogP contribution in [0.5, 0.6) is 0 Å². The van der Waals surface area contributed by atoms with Gasteiger partial charge in [-0.1, -0.05) is 23.7 Å². The molecule has 2 aliphatic carbocycles. The summed E-state index contributed by atoms with van der Waals surface area (Å²) in [6.45, 7) is 8.71. The minimum Gasteiger partial charge on any atom is -0.381 e. The second kappa shape index (κ2) is 12.6. The number of halogens is 1. The van der Waals surface area contributed by atoms with Gasteiger partial charge in [-0.3, -0.25) is 9.59 Å². The van der Waals surface area contributed by atoms with Gasteiger partial charge in [0.05, 0.1) is 0 Å². The Labute approximate surface area is 241 Å². The van der Waals surface area contributed by atoms with E-state index in [2.05, 4.69) is 33.2 Å². The lowest BCUT2D eigenvalue weighted by Crippen LogP contribution is -2.39. The first-order valence-electron chi connectivity index (χ1n) is 14.5. The van der Waals surface area contributed by atoms with E-state index >= 15 is 0 Å². The van der Waals surface area contributed by atoms with E-state index in [4.69, 9.17) is 16.3 Å². The molecule has 40 heavy (non-hydrogen) atoms. The van der Waals surface area contributed by atoms with Gasteiger partial charge in [0, 0.05) is 61.1 Å². The third kappa shape index (κ3) is 5.96. The quantitative estimate of drug-likeness (QED) is 0.440. The maximum atomic E-state index is 13.9. The molecule has 212 valence electrons. The highest BCUT2D eigenvalue weighted by Crippen LogP contribution is 2.33. The van der Waals surface area contributed by atoms with Gasteiger partial charge in [-0.05, 0) is 106 Å². The molecule has 3 heterocycles. The molecule has 1 aliphatic heterocycles. The Kier molecular flexibility index (Phi) is 8.91. The van der Waals surface area contributed by atoms with E-state index in [1.807, 2.05) is 26.0 Å². The molecule has 0 bridgehead atoms. The van der Waals surface area contributed by atoms with Crippen LogP contribution in [0.1, 0.15) is 73.9 Å². The second-order valence-corrected chi connectivity index (χ2v) is 11.3. The van der Waals surface area contributed by atoms with Crippen LogP contribution in [0.25, 0.3) is 5.57 Å². The molecule has 1 fully saturated rings. The normalized spacial score (nSPS) is 18.0. The first-order valence-corrected chi connectivity index (χ1v) is 14.8. The topological polar surface area (TPSA) is 87.3 Å². The van der Waals surface area contributed by atoms with Crippen molar-refractivity contribution in [3.63, 3.8) is 0 Å². The van der Waals surface area contributed by atoms with Crippen LogP contribution < -0.4 is 10.9 Å². The number of carbonyl (C=O) groups excluding carboxylic acids is 1. The molecule has 7 nitrogen and oxygen atoms in total. The average molecular weight is 563 g/mol. The number of nitrogens with zero attached hydrogens (tertiary/aromatic N) is 2. The van der Waals surface area contributed by atoms with Crippen molar-refractivity contribution in [2.75, 3.05) is 19.8 Å². The standard InChI is InChI=1S/C32H39ClN4O3/c1-4-37(24-13-15-40-16-14-24)29-11-9-22(23-10-12-30(33)34-18-23)17-27(20(29)2)31(38)35-19-28-26-8-6-5-7-25(26)21(3)36-32(28)39/h10-12,17-18,24H,4-9,13-16,19H2,1-3H3,(H,35,38)(H,36,39). The van der Waals surface area contributed by atoms with Crippen LogP contribution in [-0.4, -0.2) is 46.6 Å². The summed E-state index contributed by atoms with van der Waals surface area (Å²) in [7, 11) is 0. The number of likely N-dealkylation sites (N-methyl/N-ethyl adjacent to an activating group) is 1. The van der Waals surface area contributed by atoms with Crippen LogP contribution in [0.2, 0.25) is 5.15 Å². The van der Waals surface area contributed by atoms with Gasteiger partial charge in [0.15, 0.2) is 0 Å². The molecule has 2 aromatic heterocycles. The molecule has 3 aliphatic rings. The number of aromatic amines is 1. The van der Waals surface area contributed by atoms with Crippen molar-refractivity contribution in [2.24, 2.45) is 0 Å². The fourth-order valence-electron chi connectivity index (χ4n) is 6.36. The lowest BCUT2D eigenvalue weighted by Gasteiger charge is -2.37. The largest absolute Gasteiger partial charge is 0.381 e. The number of ether oxygens (including phenoxy) is 1. The van der Waals surface area contributed by atoms with Gasteiger partial charge in [-0.15, -0.1) is 0 Å². The number of allylic oxidation sites excluding steroid dienone is 3. The minimum atomic E-state index is -0.183. The maximum Gasteiger partial charge on any atom is 0.253 e. The fourth-order valence-corrected chi connectivity index (χ4v) is 6.47. The summed E-state index contributed by atoms with van der Waals surface area (Å²) < 4.78 is 5.63. The molecule has 0 unspecified atom stereocenters. The summed E-state index contributed by atoms with van der Waals surface area (Å²) in [5, 5.41) is 3.54. The number of nitrogens with one attached hydrogen (secondary N) is 2. The number of carbonyl (C=O) groups is 1. The maximum absolute atomic E-state index is 13.9. The van der Waals surface area contributed by atoms with Gasteiger partial charge < -0.3 is 19.9 Å². The van der Waals surface area contributed by atoms with Gasteiger partial charge >= 0.3 is 0 Å². The van der Waals surface area contributed by atoms with Gasteiger partial charge in [-0.2, -0.15) is 0 Å². The highest BCUT2D eigenvalue weighted by atomic mass is 35.5. The number of amides is 1. The van der Waals surface area contributed by atoms with Gasteiger partial charge in [0.1, 0.15) is 5.15 Å². The Morgan fingerprint density at radius 3 is 2.62 bits per heavy atom. The summed E-state index contributed by atoms with van der Waals surface area (Å²) in [5.74, 6) is -0.183. The number of hydrogen-bond acceptors (Lipinski definition) is 5. The van der Waals surface area contributed by atoms with E-state index in [1.54, 1.807) is 12.3 Å². The molecule has 1 saturated heterocycles. The first-order chi connectivity index (χ1) is 19.4. The summed E-state index contributed by atoms with van der Waals surface area (Å²) in [4.78, 5) is 36.6. The van der Waals surface area contributed by atoms with E-state index in [-0.39, 0.29) is 18.0 Å². The smallest absolute Gasteiger partial charge is 0.253 e. The zero-order valence-electron chi connectivity index (χ0n) is 23.7. The van der Waals surface area contributed by atoms with Crippen molar-refractivity contribution in [3.8, 4) is 0 Å². The molecule has 5 rings (SSSR count). The molecule has 0 radical (unpaired) electrons. The van der Waals surface area contributed by atoms with Crippen molar-refractivity contribution in [1.29, 1.82) is 0 Å². The predicted molar refractivity (Wildman–Crippen MR) is 159 cm³/mol. The number of rotatable bonds is 7. The molecular weight excluding hydrogens is 524 g/mol. The Hall–Kier alpha value is -3.16. The van der Waals surface area contributed by atoms with Crippen LogP contribution in [0, 0.1) is 6.92 Å². The van der Waals surface area contributed by atoms with E-state index in [0.717, 1.165) is 91.9 Å². The molecule has 2 N–H and O–H groups in total. The summed E-state index contributed by atoms with van der Waals surface area (Å²) >= 11 is 6.07. The van der Waals surface area contributed by atoms with E-state index in [9.17, 15) is 9.59 Å². The van der Waals surface area contributed by atoms with E-state index in [1.165, 1.54) is 5.56 Å². The Morgan fingerprint density at radius 1 is 1.18 bits per heavy atom. The lowest BCUT2D eigenvalue weighted by molar-refractivity contribution is -0.117. The third-order valence-corrected chi connectivity index (χ3v) is 8.76. The number of fused-ring (bicyclic) bond motifs is 1. The molecule has 0 spiro atoms. The average Bonchev–Trinajstić information content (AvgIpc) is 3.13.